The van der Waals surface area contributed by atoms with Gasteiger partial charge in [-0.05, 0) is 364 Å². The van der Waals surface area contributed by atoms with Crippen molar-refractivity contribution in [3.05, 3.63) is 345 Å². The summed E-state index contributed by atoms with van der Waals surface area (Å²) >= 11 is 0. The van der Waals surface area contributed by atoms with E-state index in [1.165, 1.54) is 244 Å². The van der Waals surface area contributed by atoms with Crippen LogP contribution in [0.1, 0.15) is 337 Å². The molecule has 14 aromatic carbocycles. The highest BCUT2D eigenvalue weighted by Crippen LogP contribution is 2.65. The Morgan fingerprint density at radius 1 is 0.226 bits per heavy atom. The largest absolute Gasteiger partial charge is 0.334 e. The van der Waals surface area contributed by atoms with Crippen LogP contribution in [-0.2, 0) is 59.6 Å². The fourth-order valence-electron chi connectivity index (χ4n) is 27.3. The highest BCUT2D eigenvalue weighted by Gasteiger charge is 2.61. The Labute approximate surface area is 877 Å². The third kappa shape index (κ3) is 15.8. The zero-order valence-corrected chi connectivity index (χ0v) is 93.9. The molecule has 2 fully saturated rings. The quantitative estimate of drug-likeness (QED) is 0.106. The average molecular weight is 1920 g/mol. The lowest BCUT2D eigenvalue weighted by molar-refractivity contribution is 0.195. The molecule has 146 heavy (non-hydrogen) atoms. The van der Waals surface area contributed by atoms with E-state index in [1.807, 2.05) is 0 Å². The average Bonchev–Trinajstić information content (AvgIpc) is 1.69. The zero-order chi connectivity index (χ0) is 104. The van der Waals surface area contributed by atoms with Crippen molar-refractivity contribution in [3.63, 3.8) is 0 Å². The second-order valence-corrected chi connectivity index (χ2v) is 54.9. The van der Waals surface area contributed by atoms with Crippen LogP contribution >= 0.6 is 0 Å². The van der Waals surface area contributed by atoms with E-state index in [4.69, 9.17) is 0 Å². The molecule has 6 nitrogen and oxygen atoms in total. The summed E-state index contributed by atoms with van der Waals surface area (Å²) in [6.07, 6.45) is 11.4. The summed E-state index contributed by atoms with van der Waals surface area (Å²) < 4.78 is 0. The van der Waals surface area contributed by atoms with Gasteiger partial charge in [-0.2, -0.15) is 0 Å². The van der Waals surface area contributed by atoms with Crippen LogP contribution < -0.4 is 62.2 Å². The lowest BCUT2D eigenvalue weighted by Gasteiger charge is -2.51. The van der Waals surface area contributed by atoms with Crippen molar-refractivity contribution >= 4 is 137 Å². The van der Waals surface area contributed by atoms with Gasteiger partial charge in [0.1, 0.15) is 0 Å². The van der Waals surface area contributed by atoms with E-state index in [2.05, 4.69) is 517 Å². The van der Waals surface area contributed by atoms with Gasteiger partial charge in [0.05, 0.1) is 11.1 Å². The topological polar surface area (TPSA) is 19.4 Å². The van der Waals surface area contributed by atoms with Crippen molar-refractivity contribution in [1.82, 2.24) is 0 Å². The summed E-state index contributed by atoms with van der Waals surface area (Å²) in [5, 5.41) is 0. The van der Waals surface area contributed by atoms with E-state index in [9.17, 15) is 0 Å². The molecule has 0 aromatic heterocycles. The molecular weight excluding hydrogens is 1760 g/mol. The van der Waals surface area contributed by atoms with Crippen LogP contribution in [-0.4, -0.2) is 24.5 Å². The summed E-state index contributed by atoms with van der Waals surface area (Å²) in [7, 11) is 0. The molecule has 4 atom stereocenters. The predicted molar refractivity (Wildman–Crippen MR) is 633 cm³/mol. The van der Waals surface area contributed by atoms with Crippen molar-refractivity contribution in [1.29, 1.82) is 0 Å². The van der Waals surface area contributed by atoms with Crippen molar-refractivity contribution in [2.24, 2.45) is 0 Å². The Bertz CT molecular complexity index is 7590. The normalized spacial score (nSPS) is 19.6. The van der Waals surface area contributed by atoms with E-state index < -0.39 is 0 Å². The molecule has 746 valence electrons. The van der Waals surface area contributed by atoms with Gasteiger partial charge in [-0.15, -0.1) is 0 Å². The summed E-state index contributed by atoms with van der Waals surface area (Å²) in [5.74, 6) is 0. The molecule has 2 aliphatic carbocycles. The number of hydrogen-bond acceptors (Lipinski definition) is 6. The highest BCUT2D eigenvalue weighted by atomic mass is 15.3. The molecule has 22 rings (SSSR count). The molecule has 0 radical (unpaired) electrons. The van der Waals surface area contributed by atoms with Gasteiger partial charge in [0, 0.05) is 102 Å². The first-order chi connectivity index (χ1) is 68.6. The Hall–Kier alpha value is -12.0. The number of fused-ring (bicyclic) bond motifs is 14. The number of hydrogen-bond donors (Lipinski definition) is 0. The van der Waals surface area contributed by atoms with Gasteiger partial charge >= 0.3 is 0 Å². The Morgan fingerprint density at radius 2 is 0.521 bits per heavy atom. The van der Waals surface area contributed by atoms with Gasteiger partial charge in [0.25, 0.3) is 13.4 Å². The van der Waals surface area contributed by atoms with Crippen LogP contribution in [0.25, 0.3) is 22.3 Å². The Kier molecular flexibility index (Phi) is 22.8. The SMILES string of the molecule is Cc1cc(C(C)(C)C)ccc1N1c2ccc(C(C)(C)C)cc2B2c3ccc(N4c5ccc(-c6ccc(C(C)(C)CCC(C)(C)c7ccc(N8c9cc(N%10c%11ccc(-c%12ccccc%12)cc%11C%11(C)CCCCC%10%11C)ccc9B9c%10cc(C(C)(C)C)ccc%10N(c%10ccc(C(C)(C)C)cc%10C)c%10cc(C(C)(C)C)cc8c%109)cc7)cc6)cc5C5(C)CCCCC45C)cc3N(c3ccc(C(C)(C)C)cc3)c3cc(C(C)(C)C)cc1c32. The van der Waals surface area contributed by atoms with Crippen LogP contribution in [0, 0.1) is 13.8 Å². The summed E-state index contributed by atoms with van der Waals surface area (Å²) in [4.78, 5) is 16.4. The minimum Gasteiger partial charge on any atom is -0.334 e. The number of aryl methyl sites for hydroxylation is 2. The molecule has 8 aliphatic rings. The molecule has 8 heteroatoms. The summed E-state index contributed by atoms with van der Waals surface area (Å²) in [6, 6.07) is 111. The van der Waals surface area contributed by atoms with Gasteiger partial charge in [-0.1, -0.05) is 364 Å². The number of anilines is 16. The van der Waals surface area contributed by atoms with Crippen molar-refractivity contribution in [2.45, 2.75) is 349 Å². The maximum Gasteiger partial charge on any atom is 0.252 e. The first-order valence-electron chi connectivity index (χ1n) is 55.2. The molecular formula is C138H158B2N6. The van der Waals surface area contributed by atoms with E-state index in [0.717, 1.165) is 38.5 Å². The van der Waals surface area contributed by atoms with E-state index in [-0.39, 0.29) is 84.1 Å². The zero-order valence-electron chi connectivity index (χ0n) is 93.9. The molecule has 2 saturated carbocycles. The summed E-state index contributed by atoms with van der Waals surface area (Å²) in [6.45, 7) is 74.8. The molecule has 14 aromatic rings. The van der Waals surface area contributed by atoms with Crippen molar-refractivity contribution in [2.75, 3.05) is 29.4 Å². The minimum absolute atomic E-state index is 0.00279. The van der Waals surface area contributed by atoms with Crippen molar-refractivity contribution < 1.29 is 0 Å². The van der Waals surface area contributed by atoms with Gasteiger partial charge in [-0.25, -0.2) is 0 Å². The molecule has 0 spiro atoms. The second-order valence-electron chi connectivity index (χ2n) is 54.9. The van der Waals surface area contributed by atoms with Crippen LogP contribution in [0.4, 0.5) is 91.0 Å². The van der Waals surface area contributed by atoms with E-state index >= 15 is 0 Å². The molecule has 0 saturated heterocycles. The second kappa shape index (κ2) is 33.8. The Balaban J connectivity index is 0.607. The number of benzene rings is 14. The highest BCUT2D eigenvalue weighted by molar-refractivity contribution is 7.01. The number of rotatable bonds is 13. The van der Waals surface area contributed by atoms with Crippen LogP contribution in [0.15, 0.2) is 273 Å². The Morgan fingerprint density at radius 3 is 0.877 bits per heavy atom. The van der Waals surface area contributed by atoms with Gasteiger partial charge < -0.3 is 29.4 Å². The van der Waals surface area contributed by atoms with Gasteiger partial charge in [-0.3, -0.25) is 0 Å². The number of nitrogens with zero attached hydrogens (tertiary/aromatic N) is 6. The van der Waals surface area contributed by atoms with Gasteiger partial charge in [0.2, 0.25) is 0 Å². The van der Waals surface area contributed by atoms with Crippen molar-refractivity contribution in [3.8, 4) is 22.3 Å². The lowest BCUT2D eigenvalue weighted by atomic mass is 9.33. The molecule has 0 amide bonds. The van der Waals surface area contributed by atoms with Gasteiger partial charge in [0.15, 0.2) is 0 Å². The molecule has 6 heterocycles. The first kappa shape index (κ1) is 98.7. The third-order valence-corrected chi connectivity index (χ3v) is 37.3. The fourth-order valence-corrected chi connectivity index (χ4v) is 27.3. The maximum atomic E-state index is 2.83. The lowest BCUT2D eigenvalue weighted by Crippen LogP contribution is -2.61. The van der Waals surface area contributed by atoms with Crippen LogP contribution in [0.5, 0.6) is 0 Å². The minimum atomic E-state index is -0.198. The predicted octanol–water partition coefficient (Wildman–Crippen LogP) is 34.4. The van der Waals surface area contributed by atoms with E-state index in [0.29, 0.717) is 0 Å². The monoisotopic (exact) mass is 1920 g/mol. The van der Waals surface area contributed by atoms with E-state index in [1.54, 1.807) is 0 Å². The fraction of sp³-hybridized carbons (Fsp3) is 0.391. The van der Waals surface area contributed by atoms with Crippen LogP contribution in [0.2, 0.25) is 0 Å². The molecule has 6 aliphatic heterocycles. The molecule has 0 N–H and O–H groups in total. The standard InChI is InChI=1S/C138H158B2N6/c1-87-75-96(127(6,7)8)51-65-112(87)143-116-67-53-98(129(12,13)14)79-110(116)139-108-61-59-104(85-118(108)141(102-55-47-93(48-56-102)126(3,4)5)120-81-100(131(18,19)20)83-122(143)124(120)139)146-115-64-44-92(78-107(115)136(29)70-36-38-72-138(136,146)31)90-41-45-94(46-42-90)133(24,25)73-74-134(26,27)95-49-57-103(58-50-95)142-119-86-105(145-114-63-43-91(89-39-33-32-34-40-89)77-106(114)135(28)69-35-37-71-137(135,145)30)60-62-109(119)140-111-80-99(130(15,16)17)54-68-117(111)144(113-66-52-97(76-88(113)2)128(9,10)11)123-84-101(132(21,22)23)82-121(142)125(123)140/h32-34,39-68,75-86H,35-38,69-74H2,1-31H3. The maximum absolute atomic E-state index is 2.83. The van der Waals surface area contributed by atoms with Crippen LogP contribution in [0.3, 0.4) is 0 Å². The smallest absolute Gasteiger partial charge is 0.252 e. The molecule has 0 bridgehead atoms. The third-order valence-electron chi connectivity index (χ3n) is 37.3. The summed E-state index contributed by atoms with van der Waals surface area (Å²) in [5.41, 5.74) is 49.6. The molecule has 4 unspecified atom stereocenters. The first-order valence-corrected chi connectivity index (χ1v) is 55.2.